The van der Waals surface area contributed by atoms with Gasteiger partial charge in [-0.25, -0.2) is 4.79 Å². The highest BCUT2D eigenvalue weighted by Crippen LogP contribution is 2.38. The lowest BCUT2D eigenvalue weighted by Crippen LogP contribution is -2.68. The fourth-order valence-electron chi connectivity index (χ4n) is 5.30. The molecule has 0 bridgehead atoms. The summed E-state index contributed by atoms with van der Waals surface area (Å²) in [6, 6.07) is 20.7. The fourth-order valence-corrected chi connectivity index (χ4v) is 10.0. The van der Waals surface area contributed by atoms with E-state index in [0.29, 0.717) is 19.6 Å². The topological polar surface area (TPSA) is 101 Å². The largest absolute Gasteiger partial charge is 0.478 e. The molecule has 43 heavy (non-hydrogen) atoms. The van der Waals surface area contributed by atoms with Crippen molar-refractivity contribution in [1.82, 2.24) is 0 Å². The third-order valence-electron chi connectivity index (χ3n) is 7.28. The molecule has 2 rings (SSSR count). The van der Waals surface area contributed by atoms with Gasteiger partial charge in [-0.3, -0.25) is 4.79 Å². The molecule has 0 aromatic heterocycles. The van der Waals surface area contributed by atoms with Crippen LogP contribution in [0.4, 0.5) is 0 Å². The summed E-state index contributed by atoms with van der Waals surface area (Å²) in [5.41, 5.74) is 0. The Labute approximate surface area is 258 Å². The number of hydrogen-bond acceptors (Lipinski definition) is 7. The minimum Gasteiger partial charge on any atom is -0.478 e. The molecule has 1 N–H and O–H groups in total. The summed E-state index contributed by atoms with van der Waals surface area (Å²) in [6.45, 7) is 10.7. The number of methoxy groups -OCH3 is 1. The monoisotopic (exact) mass is 614 g/mol. The molecule has 2 aromatic carbocycles. The molecular formula is C34H50O8Si. The zero-order valence-electron chi connectivity index (χ0n) is 26.6. The lowest BCUT2D eigenvalue weighted by molar-refractivity contribution is -0.145. The van der Waals surface area contributed by atoms with E-state index in [2.05, 4.69) is 45.0 Å². The second kappa shape index (κ2) is 18.8. The van der Waals surface area contributed by atoms with Gasteiger partial charge >= 0.3 is 11.9 Å². The first kappa shape index (κ1) is 36.4. The van der Waals surface area contributed by atoms with Crippen LogP contribution in [-0.2, 0) is 33.0 Å². The number of unbranched alkanes of at least 4 members (excludes halogenated alkanes) is 2. The van der Waals surface area contributed by atoms with Crippen LogP contribution in [-0.4, -0.2) is 70.8 Å². The molecule has 0 saturated heterocycles. The number of aliphatic carboxylic acids is 1. The number of rotatable bonds is 20. The Kier molecular flexibility index (Phi) is 15.9. The Hall–Kier alpha value is -2.82. The molecule has 0 radical (unpaired) electrons. The van der Waals surface area contributed by atoms with Crippen molar-refractivity contribution in [3.63, 3.8) is 0 Å². The van der Waals surface area contributed by atoms with Gasteiger partial charge in [0.1, 0.15) is 12.9 Å². The maximum Gasteiger partial charge on any atom is 0.328 e. The van der Waals surface area contributed by atoms with Crippen molar-refractivity contribution in [2.45, 2.75) is 90.1 Å². The summed E-state index contributed by atoms with van der Waals surface area (Å²) in [5, 5.41) is 11.5. The van der Waals surface area contributed by atoms with Crippen molar-refractivity contribution in [3.05, 3.63) is 72.8 Å². The van der Waals surface area contributed by atoms with Crippen molar-refractivity contribution in [1.29, 1.82) is 0 Å². The van der Waals surface area contributed by atoms with Gasteiger partial charge in [-0.1, -0.05) is 94.3 Å². The summed E-state index contributed by atoms with van der Waals surface area (Å²) in [6.07, 6.45) is 5.42. The number of carbonyl (C=O) groups is 2. The Morgan fingerprint density at radius 3 is 2.00 bits per heavy atom. The predicted molar refractivity (Wildman–Crippen MR) is 171 cm³/mol. The van der Waals surface area contributed by atoms with Crippen LogP contribution in [0, 0.1) is 0 Å². The molecule has 0 unspecified atom stereocenters. The van der Waals surface area contributed by atoms with Crippen LogP contribution in [0.2, 0.25) is 5.04 Å². The lowest BCUT2D eigenvalue weighted by Gasteiger charge is -2.46. The van der Waals surface area contributed by atoms with Gasteiger partial charge in [-0.05, 0) is 47.7 Å². The van der Waals surface area contributed by atoms with Crippen molar-refractivity contribution >= 4 is 30.6 Å². The number of carboxylic acid groups (broad SMARTS) is 1. The molecule has 0 heterocycles. The van der Waals surface area contributed by atoms with E-state index in [9.17, 15) is 14.7 Å². The smallest absolute Gasteiger partial charge is 0.328 e. The van der Waals surface area contributed by atoms with Gasteiger partial charge in [-0.15, -0.1) is 0 Å². The molecule has 0 fully saturated rings. The van der Waals surface area contributed by atoms with E-state index in [0.717, 1.165) is 42.1 Å². The number of benzene rings is 2. The Balaban J connectivity index is 2.48. The third kappa shape index (κ3) is 12.0. The van der Waals surface area contributed by atoms with Gasteiger partial charge in [0.2, 0.25) is 0 Å². The molecule has 9 heteroatoms. The first-order valence-corrected chi connectivity index (χ1v) is 17.0. The average Bonchev–Trinajstić information content (AvgIpc) is 2.96. The zero-order valence-corrected chi connectivity index (χ0v) is 27.6. The van der Waals surface area contributed by atoms with Crippen LogP contribution in [0.1, 0.15) is 66.7 Å². The summed E-state index contributed by atoms with van der Waals surface area (Å²) >= 11 is 0. The zero-order chi connectivity index (χ0) is 31.7. The maximum absolute atomic E-state index is 11.6. The molecule has 3 atom stereocenters. The predicted octanol–water partition coefficient (Wildman–Crippen LogP) is 5.48. The van der Waals surface area contributed by atoms with E-state index >= 15 is 0 Å². The normalized spacial score (nSPS) is 14.4. The highest BCUT2D eigenvalue weighted by atomic mass is 28.4. The van der Waals surface area contributed by atoms with Crippen LogP contribution in [0.15, 0.2) is 72.8 Å². The minimum absolute atomic E-state index is 0.0293. The van der Waals surface area contributed by atoms with Gasteiger partial charge in [-0.2, -0.15) is 0 Å². The van der Waals surface area contributed by atoms with E-state index in [1.165, 1.54) is 6.92 Å². The molecule has 0 spiro atoms. The fraction of sp³-hybridized carbons (Fsp3) is 0.529. The second-order valence-electron chi connectivity index (χ2n) is 11.7. The number of carbonyl (C=O) groups excluding carboxylic acids is 1. The first-order valence-electron chi connectivity index (χ1n) is 15.1. The quantitative estimate of drug-likeness (QED) is 0.0688. The first-order chi connectivity index (χ1) is 20.5. The molecule has 0 saturated carbocycles. The SMILES string of the molecule is COCCOCO[C@H](/C=C/C(=O)O)[C@@H](CCCCC[C@H](C)OC(C)=O)O[Si](c1ccccc1)(c1ccccc1)C(C)(C)C. The standard InChI is InChI=1S/C34H50O8Si/c1-27(41-28(2)35)16-10-7-15-21-32(31(22-23-33(36)37)40-26-39-25-24-38-6)42-43(34(3,4)5,29-17-11-8-12-18-29)30-19-13-9-14-20-30/h8-9,11-14,17-20,22-23,27,31-32H,7,10,15-16,21,24-26H2,1-6H3,(H,36,37)/b23-22+/t27-,31+,32+/m0/s1. The Morgan fingerprint density at radius 2 is 1.49 bits per heavy atom. The second-order valence-corrected chi connectivity index (χ2v) is 16.0. The molecule has 0 amide bonds. The van der Waals surface area contributed by atoms with E-state index in [1.54, 1.807) is 13.2 Å². The van der Waals surface area contributed by atoms with Crippen molar-refractivity contribution in [2.24, 2.45) is 0 Å². The summed E-state index contributed by atoms with van der Waals surface area (Å²) in [7, 11) is -1.38. The molecule has 2 aromatic rings. The van der Waals surface area contributed by atoms with Gasteiger partial charge in [0, 0.05) is 20.1 Å². The Morgan fingerprint density at radius 1 is 0.907 bits per heavy atom. The van der Waals surface area contributed by atoms with Gasteiger partial charge in [0.25, 0.3) is 8.32 Å². The highest BCUT2D eigenvalue weighted by Gasteiger charge is 2.52. The number of esters is 1. The number of hydrogen-bond donors (Lipinski definition) is 1. The molecule has 0 aliphatic heterocycles. The summed E-state index contributed by atoms with van der Waals surface area (Å²) < 4.78 is 29.6. The third-order valence-corrected chi connectivity index (χ3v) is 12.3. The van der Waals surface area contributed by atoms with Gasteiger partial charge < -0.3 is 28.5 Å². The van der Waals surface area contributed by atoms with Crippen LogP contribution in [0.5, 0.6) is 0 Å². The molecule has 0 aliphatic carbocycles. The maximum atomic E-state index is 11.6. The minimum atomic E-state index is -2.98. The molecule has 238 valence electrons. The Bertz CT molecular complexity index is 1060. The van der Waals surface area contributed by atoms with E-state index in [-0.39, 0.29) is 23.9 Å². The average molecular weight is 615 g/mol. The number of carboxylic acids is 1. The summed E-state index contributed by atoms with van der Waals surface area (Å²) in [5.74, 6) is -1.33. The van der Waals surface area contributed by atoms with Gasteiger partial charge in [0.15, 0.2) is 0 Å². The van der Waals surface area contributed by atoms with Crippen molar-refractivity contribution in [3.8, 4) is 0 Å². The van der Waals surface area contributed by atoms with E-state index in [4.69, 9.17) is 23.4 Å². The van der Waals surface area contributed by atoms with Crippen LogP contribution in [0.25, 0.3) is 0 Å². The van der Waals surface area contributed by atoms with Gasteiger partial charge in [0.05, 0.1) is 25.4 Å². The van der Waals surface area contributed by atoms with Crippen LogP contribution in [0.3, 0.4) is 0 Å². The highest BCUT2D eigenvalue weighted by molar-refractivity contribution is 6.99. The molecule has 0 aliphatic rings. The van der Waals surface area contributed by atoms with Crippen LogP contribution < -0.4 is 10.4 Å². The summed E-state index contributed by atoms with van der Waals surface area (Å²) in [4.78, 5) is 22.9. The van der Waals surface area contributed by atoms with Crippen molar-refractivity contribution < 1.29 is 38.1 Å². The molecular weight excluding hydrogens is 564 g/mol. The molecule has 8 nitrogen and oxygen atoms in total. The van der Waals surface area contributed by atoms with E-state index in [1.807, 2.05) is 43.3 Å². The van der Waals surface area contributed by atoms with Crippen molar-refractivity contribution in [2.75, 3.05) is 27.1 Å². The number of ether oxygens (including phenoxy) is 4. The van der Waals surface area contributed by atoms with E-state index < -0.39 is 26.5 Å². The van der Waals surface area contributed by atoms with Crippen LogP contribution >= 0.6 is 0 Å². The lowest BCUT2D eigenvalue weighted by atomic mass is 10.0.